The number of halogens is 2. The average molecular weight is 490 g/mol. The van der Waals surface area contributed by atoms with Gasteiger partial charge in [0.25, 0.3) is 5.91 Å². The zero-order chi connectivity index (χ0) is 25.0. The van der Waals surface area contributed by atoms with Crippen molar-refractivity contribution in [1.82, 2.24) is 25.1 Å². The van der Waals surface area contributed by atoms with E-state index in [4.69, 9.17) is 16.3 Å². The lowest BCUT2D eigenvalue weighted by Crippen LogP contribution is -2.58. The Morgan fingerprint density at radius 1 is 1.24 bits per heavy atom. The zero-order valence-electron chi connectivity index (χ0n) is 19.0. The molecular formula is C23H25ClFN5O4. The molecule has 0 aliphatic carbocycles. The Morgan fingerprint density at radius 3 is 2.59 bits per heavy atom. The molecule has 180 valence electrons. The van der Waals surface area contributed by atoms with E-state index in [1.807, 2.05) is 0 Å². The van der Waals surface area contributed by atoms with E-state index in [0.717, 1.165) is 6.07 Å². The molecule has 3 amide bonds. The van der Waals surface area contributed by atoms with Crippen LogP contribution in [0.5, 0.6) is 0 Å². The van der Waals surface area contributed by atoms with Crippen LogP contribution < -0.4 is 5.32 Å². The number of piperazine rings is 1. The SMILES string of the molecule is C=CC(=O)N1C[C@H](c2cc(Cl)nc(-c3cc(F)nc(C(=O)NC)c3)c2)N(C(C)=O)C[C@H]1COC. The van der Waals surface area contributed by atoms with Crippen molar-refractivity contribution in [1.29, 1.82) is 0 Å². The molecule has 34 heavy (non-hydrogen) atoms. The lowest BCUT2D eigenvalue weighted by atomic mass is 9.98. The summed E-state index contributed by atoms with van der Waals surface area (Å²) in [6.45, 7) is 5.68. The van der Waals surface area contributed by atoms with Gasteiger partial charge in [-0.2, -0.15) is 4.39 Å². The number of amides is 3. The van der Waals surface area contributed by atoms with Crippen LogP contribution in [0.4, 0.5) is 4.39 Å². The number of rotatable bonds is 6. The van der Waals surface area contributed by atoms with Gasteiger partial charge in [0.15, 0.2) is 0 Å². The molecule has 2 aromatic heterocycles. The van der Waals surface area contributed by atoms with Gasteiger partial charge in [-0.25, -0.2) is 9.97 Å². The van der Waals surface area contributed by atoms with Crippen molar-refractivity contribution >= 4 is 29.3 Å². The largest absolute Gasteiger partial charge is 0.382 e. The molecule has 0 radical (unpaired) electrons. The van der Waals surface area contributed by atoms with Crippen LogP contribution in [0, 0.1) is 5.95 Å². The lowest BCUT2D eigenvalue weighted by molar-refractivity contribution is -0.144. The van der Waals surface area contributed by atoms with E-state index in [1.165, 1.54) is 33.2 Å². The van der Waals surface area contributed by atoms with Crippen LogP contribution in [0.2, 0.25) is 5.15 Å². The van der Waals surface area contributed by atoms with Gasteiger partial charge in [-0.3, -0.25) is 14.4 Å². The molecule has 1 fully saturated rings. The molecule has 0 spiro atoms. The second-order valence-corrected chi connectivity index (χ2v) is 8.13. The average Bonchev–Trinajstić information content (AvgIpc) is 2.82. The molecule has 0 bridgehead atoms. The minimum Gasteiger partial charge on any atom is -0.382 e. The molecule has 1 saturated heterocycles. The van der Waals surface area contributed by atoms with Crippen LogP contribution >= 0.6 is 11.6 Å². The van der Waals surface area contributed by atoms with Gasteiger partial charge in [-0.15, -0.1) is 0 Å². The van der Waals surface area contributed by atoms with Crippen molar-refractivity contribution in [2.75, 3.05) is 33.9 Å². The van der Waals surface area contributed by atoms with E-state index in [2.05, 4.69) is 21.9 Å². The molecule has 0 saturated carbocycles. The minimum absolute atomic E-state index is 0.107. The Labute approximate surface area is 201 Å². The maximum atomic E-state index is 14.2. The Hall–Kier alpha value is -3.37. The summed E-state index contributed by atoms with van der Waals surface area (Å²) in [5.41, 5.74) is 1.06. The number of hydrogen-bond donors (Lipinski definition) is 1. The summed E-state index contributed by atoms with van der Waals surface area (Å²) in [5.74, 6) is -1.89. The quantitative estimate of drug-likeness (QED) is 0.493. The van der Waals surface area contributed by atoms with Gasteiger partial charge in [-0.1, -0.05) is 18.2 Å². The van der Waals surface area contributed by atoms with E-state index in [-0.39, 0.29) is 59.7 Å². The molecule has 1 aliphatic heterocycles. The second kappa shape index (κ2) is 10.7. The zero-order valence-corrected chi connectivity index (χ0v) is 19.8. The molecule has 9 nitrogen and oxygen atoms in total. The first-order valence-electron chi connectivity index (χ1n) is 10.4. The van der Waals surface area contributed by atoms with Gasteiger partial charge in [0.2, 0.25) is 17.8 Å². The van der Waals surface area contributed by atoms with Crippen molar-refractivity contribution in [3.05, 3.63) is 59.3 Å². The third kappa shape index (κ3) is 5.40. The number of hydrogen-bond acceptors (Lipinski definition) is 6. The first-order chi connectivity index (χ1) is 16.2. The maximum Gasteiger partial charge on any atom is 0.269 e. The predicted octanol–water partition coefficient (Wildman–Crippen LogP) is 2.23. The van der Waals surface area contributed by atoms with Gasteiger partial charge in [0.05, 0.1) is 24.4 Å². The molecule has 3 heterocycles. The molecule has 3 rings (SSSR count). The highest BCUT2D eigenvalue weighted by molar-refractivity contribution is 6.29. The molecule has 0 aromatic carbocycles. The Kier molecular flexibility index (Phi) is 7.95. The lowest BCUT2D eigenvalue weighted by Gasteiger charge is -2.46. The molecule has 11 heteroatoms. The number of aromatic nitrogens is 2. The first kappa shape index (κ1) is 25.3. The monoisotopic (exact) mass is 489 g/mol. The summed E-state index contributed by atoms with van der Waals surface area (Å²) in [5, 5.41) is 2.51. The van der Waals surface area contributed by atoms with Gasteiger partial charge < -0.3 is 19.9 Å². The van der Waals surface area contributed by atoms with Crippen LogP contribution in [-0.4, -0.2) is 77.4 Å². The highest BCUT2D eigenvalue weighted by Gasteiger charge is 2.38. The number of methoxy groups -OCH3 is 1. The molecule has 2 aromatic rings. The highest BCUT2D eigenvalue weighted by atomic mass is 35.5. The van der Waals surface area contributed by atoms with Gasteiger partial charge in [0, 0.05) is 45.8 Å². The normalized spacial score (nSPS) is 17.9. The molecular weight excluding hydrogens is 465 g/mol. The maximum absolute atomic E-state index is 14.2. The standard InChI is InChI=1S/C23H25ClFN5O4/c1-5-22(32)30-11-19(29(13(2)31)10-16(30)12-34-4)15-7-17(27-20(24)8-15)14-6-18(23(33)26-3)28-21(25)9-14/h5-9,16,19H,1,10-12H2,2-4H3,(H,26,33)/t16-,19+/m0/s1. The fourth-order valence-corrected chi connectivity index (χ4v) is 4.21. The number of carbonyl (C=O) groups excluding carboxylic acids is 3. The Balaban J connectivity index is 2.07. The number of carbonyl (C=O) groups is 3. The van der Waals surface area contributed by atoms with Gasteiger partial charge in [0.1, 0.15) is 10.8 Å². The number of nitrogens with zero attached hydrogens (tertiary/aromatic N) is 4. The van der Waals surface area contributed by atoms with E-state index < -0.39 is 17.9 Å². The molecule has 1 aliphatic rings. The van der Waals surface area contributed by atoms with Crippen LogP contribution in [0.1, 0.15) is 29.0 Å². The van der Waals surface area contributed by atoms with Crippen LogP contribution in [0.3, 0.4) is 0 Å². The first-order valence-corrected chi connectivity index (χ1v) is 10.8. The molecule has 0 unspecified atom stereocenters. The molecule has 2 atom stereocenters. The number of nitrogens with one attached hydrogen (secondary N) is 1. The van der Waals surface area contributed by atoms with Crippen molar-refractivity contribution in [3.8, 4) is 11.3 Å². The van der Waals surface area contributed by atoms with Crippen molar-refractivity contribution < 1.29 is 23.5 Å². The van der Waals surface area contributed by atoms with Crippen LogP contribution in [-0.2, 0) is 14.3 Å². The smallest absolute Gasteiger partial charge is 0.269 e. The predicted molar refractivity (Wildman–Crippen MR) is 124 cm³/mol. The number of ether oxygens (including phenoxy) is 1. The van der Waals surface area contributed by atoms with Crippen molar-refractivity contribution in [2.45, 2.75) is 19.0 Å². The fraction of sp³-hybridized carbons (Fsp3) is 0.348. The van der Waals surface area contributed by atoms with Crippen molar-refractivity contribution in [2.24, 2.45) is 0 Å². The second-order valence-electron chi connectivity index (χ2n) is 7.74. The van der Waals surface area contributed by atoms with E-state index in [0.29, 0.717) is 5.56 Å². The summed E-state index contributed by atoms with van der Waals surface area (Å²) >= 11 is 6.30. The van der Waals surface area contributed by atoms with Gasteiger partial charge >= 0.3 is 0 Å². The highest BCUT2D eigenvalue weighted by Crippen LogP contribution is 2.32. The summed E-state index contributed by atoms with van der Waals surface area (Å²) in [7, 11) is 2.94. The summed E-state index contributed by atoms with van der Waals surface area (Å²) in [6.07, 6.45) is 1.22. The fourth-order valence-electron chi connectivity index (χ4n) is 3.99. The summed E-state index contributed by atoms with van der Waals surface area (Å²) < 4.78 is 19.4. The molecule has 1 N–H and O–H groups in total. The van der Waals surface area contributed by atoms with Crippen LogP contribution in [0.25, 0.3) is 11.3 Å². The van der Waals surface area contributed by atoms with E-state index >= 15 is 0 Å². The van der Waals surface area contributed by atoms with E-state index in [9.17, 15) is 18.8 Å². The summed E-state index contributed by atoms with van der Waals surface area (Å²) in [4.78, 5) is 48.2. The Bertz CT molecular complexity index is 1130. The topological polar surface area (TPSA) is 105 Å². The van der Waals surface area contributed by atoms with Crippen molar-refractivity contribution in [3.63, 3.8) is 0 Å². The Morgan fingerprint density at radius 2 is 1.97 bits per heavy atom. The van der Waals surface area contributed by atoms with Gasteiger partial charge in [-0.05, 0) is 29.8 Å². The third-order valence-electron chi connectivity index (χ3n) is 5.57. The van der Waals surface area contributed by atoms with E-state index in [1.54, 1.807) is 21.9 Å². The minimum atomic E-state index is -0.854. The summed E-state index contributed by atoms with van der Waals surface area (Å²) in [6, 6.07) is 4.89. The van der Waals surface area contributed by atoms with Crippen LogP contribution in [0.15, 0.2) is 36.9 Å². The number of pyridine rings is 2. The third-order valence-corrected chi connectivity index (χ3v) is 5.76.